The van der Waals surface area contributed by atoms with Gasteiger partial charge in [-0.1, -0.05) is 0 Å². The lowest BCUT2D eigenvalue weighted by Crippen LogP contribution is -2.35. The Kier molecular flexibility index (Phi) is 5.11. The number of aliphatic hydroxyl groups is 1. The largest absolute Gasteiger partial charge is 0.491 e. The molecular weight excluding hydrogens is 289 g/mol. The Morgan fingerprint density at radius 2 is 2.14 bits per heavy atom. The fourth-order valence-electron chi connectivity index (χ4n) is 1.75. The number of aliphatic hydroxyl groups excluding tert-OH is 1. The quantitative estimate of drug-likeness (QED) is 0.836. The second-order valence-electron chi connectivity index (χ2n) is 4.92. The van der Waals surface area contributed by atoms with E-state index >= 15 is 0 Å². The summed E-state index contributed by atoms with van der Waals surface area (Å²) in [4.78, 5) is 11.8. The maximum absolute atomic E-state index is 12.7. The molecule has 2 rings (SSSR count). The van der Waals surface area contributed by atoms with Gasteiger partial charge in [0.2, 0.25) is 0 Å². The number of carbonyl (C=O) groups excluding carboxylic acids is 1. The van der Waals surface area contributed by atoms with E-state index in [-0.39, 0.29) is 24.9 Å². The summed E-state index contributed by atoms with van der Waals surface area (Å²) in [7, 11) is 1.75. The van der Waals surface area contributed by atoms with E-state index in [1.807, 2.05) is 6.92 Å². The van der Waals surface area contributed by atoms with Crippen LogP contribution in [0.2, 0.25) is 0 Å². The number of nitrogens with zero attached hydrogens (tertiary/aromatic N) is 2. The Bertz CT molecular complexity index is 620. The number of aryl methyl sites for hydroxylation is 2. The summed E-state index contributed by atoms with van der Waals surface area (Å²) in [6.07, 6.45) is -0.876. The molecule has 0 spiro atoms. The van der Waals surface area contributed by atoms with E-state index in [1.165, 1.54) is 24.3 Å². The first-order valence-corrected chi connectivity index (χ1v) is 6.81. The summed E-state index contributed by atoms with van der Waals surface area (Å²) < 4.78 is 19.6. The first-order valence-electron chi connectivity index (χ1n) is 6.81. The monoisotopic (exact) mass is 307 g/mol. The van der Waals surface area contributed by atoms with Crippen molar-refractivity contribution in [3.8, 4) is 5.75 Å². The maximum Gasteiger partial charge on any atom is 0.271 e. The zero-order valence-electron chi connectivity index (χ0n) is 12.4. The van der Waals surface area contributed by atoms with Crippen molar-refractivity contribution in [2.24, 2.45) is 7.05 Å². The Morgan fingerprint density at radius 1 is 1.45 bits per heavy atom. The Morgan fingerprint density at radius 3 is 2.73 bits per heavy atom. The normalized spacial score (nSPS) is 12.0. The molecule has 2 N–H and O–H groups in total. The average molecular weight is 307 g/mol. The van der Waals surface area contributed by atoms with E-state index in [1.54, 1.807) is 17.8 Å². The van der Waals surface area contributed by atoms with Crippen LogP contribution in [0.15, 0.2) is 30.3 Å². The number of ether oxygens (including phenoxy) is 1. The van der Waals surface area contributed by atoms with Crippen LogP contribution in [-0.4, -0.2) is 40.0 Å². The Labute approximate surface area is 127 Å². The second-order valence-corrected chi connectivity index (χ2v) is 4.92. The maximum atomic E-state index is 12.7. The number of amides is 1. The van der Waals surface area contributed by atoms with Gasteiger partial charge in [0, 0.05) is 19.3 Å². The van der Waals surface area contributed by atoms with Crippen LogP contribution in [0.5, 0.6) is 5.75 Å². The molecule has 1 aromatic carbocycles. The number of hydrogen-bond donors (Lipinski definition) is 2. The van der Waals surface area contributed by atoms with Crippen LogP contribution < -0.4 is 10.1 Å². The summed E-state index contributed by atoms with van der Waals surface area (Å²) in [6.45, 7) is 1.87. The minimum Gasteiger partial charge on any atom is -0.491 e. The molecule has 1 aromatic heterocycles. The Hall–Kier alpha value is -2.41. The molecule has 1 atom stereocenters. The third-order valence-corrected chi connectivity index (χ3v) is 3.10. The van der Waals surface area contributed by atoms with E-state index in [0.29, 0.717) is 11.4 Å². The summed E-state index contributed by atoms with van der Waals surface area (Å²) in [5.74, 6) is -0.262. The van der Waals surface area contributed by atoms with Gasteiger partial charge in [0.1, 0.15) is 30.0 Å². The third kappa shape index (κ3) is 4.29. The molecule has 6 nitrogen and oxygen atoms in total. The van der Waals surface area contributed by atoms with E-state index in [2.05, 4.69) is 10.4 Å². The van der Waals surface area contributed by atoms with Crippen LogP contribution in [0.3, 0.4) is 0 Å². The van der Waals surface area contributed by atoms with Gasteiger partial charge in [0.05, 0.1) is 0 Å². The minimum atomic E-state index is -0.876. The molecule has 1 heterocycles. The van der Waals surface area contributed by atoms with Crippen molar-refractivity contribution in [1.82, 2.24) is 15.1 Å². The first kappa shape index (κ1) is 16.0. The topological polar surface area (TPSA) is 76.4 Å². The van der Waals surface area contributed by atoms with Crippen LogP contribution in [0.1, 0.15) is 16.2 Å². The zero-order chi connectivity index (χ0) is 16.1. The predicted octanol–water partition coefficient (Wildman–Crippen LogP) is 1.04. The van der Waals surface area contributed by atoms with Crippen LogP contribution in [0, 0.1) is 12.7 Å². The molecule has 118 valence electrons. The van der Waals surface area contributed by atoms with Gasteiger partial charge in [0.25, 0.3) is 5.91 Å². The lowest BCUT2D eigenvalue weighted by atomic mass is 10.3. The van der Waals surface area contributed by atoms with Gasteiger partial charge >= 0.3 is 0 Å². The van der Waals surface area contributed by atoms with Gasteiger partial charge in [-0.15, -0.1) is 0 Å². The average Bonchev–Trinajstić information content (AvgIpc) is 2.84. The van der Waals surface area contributed by atoms with Gasteiger partial charge in [-0.3, -0.25) is 9.48 Å². The number of hydrogen-bond acceptors (Lipinski definition) is 4. The molecule has 22 heavy (non-hydrogen) atoms. The van der Waals surface area contributed by atoms with E-state index in [9.17, 15) is 14.3 Å². The van der Waals surface area contributed by atoms with Crippen molar-refractivity contribution >= 4 is 5.91 Å². The molecule has 0 aliphatic carbocycles. The smallest absolute Gasteiger partial charge is 0.271 e. The fourth-order valence-corrected chi connectivity index (χ4v) is 1.75. The molecule has 2 aromatic rings. The van der Waals surface area contributed by atoms with Gasteiger partial charge in [-0.2, -0.15) is 5.10 Å². The lowest BCUT2D eigenvalue weighted by Gasteiger charge is -2.12. The van der Waals surface area contributed by atoms with Gasteiger partial charge < -0.3 is 15.2 Å². The minimum absolute atomic E-state index is 0.00679. The van der Waals surface area contributed by atoms with Gasteiger partial charge in [0.15, 0.2) is 0 Å². The number of aromatic nitrogens is 2. The zero-order valence-corrected chi connectivity index (χ0v) is 12.4. The van der Waals surface area contributed by atoms with Crippen molar-refractivity contribution in [2.75, 3.05) is 13.2 Å². The summed E-state index contributed by atoms with van der Waals surface area (Å²) in [5.41, 5.74) is 1.16. The highest BCUT2D eigenvalue weighted by Crippen LogP contribution is 2.11. The number of carbonyl (C=O) groups is 1. The van der Waals surface area contributed by atoms with Crippen LogP contribution in [0.25, 0.3) is 0 Å². The van der Waals surface area contributed by atoms with Gasteiger partial charge in [-0.05, 0) is 37.3 Å². The second kappa shape index (κ2) is 7.04. The number of halogens is 1. The molecule has 0 saturated heterocycles. The van der Waals surface area contributed by atoms with Crippen molar-refractivity contribution in [2.45, 2.75) is 13.0 Å². The highest BCUT2D eigenvalue weighted by molar-refractivity contribution is 5.92. The van der Waals surface area contributed by atoms with Crippen LogP contribution in [-0.2, 0) is 7.05 Å². The molecule has 0 aliphatic heterocycles. The number of nitrogens with one attached hydrogen (secondary N) is 1. The molecule has 0 aliphatic rings. The third-order valence-electron chi connectivity index (χ3n) is 3.10. The Balaban J connectivity index is 1.76. The molecule has 7 heteroatoms. The van der Waals surface area contributed by atoms with Crippen molar-refractivity contribution in [1.29, 1.82) is 0 Å². The molecule has 0 bridgehead atoms. The predicted molar refractivity (Wildman–Crippen MR) is 78.2 cm³/mol. The first-order chi connectivity index (χ1) is 10.5. The highest BCUT2D eigenvalue weighted by atomic mass is 19.1. The summed E-state index contributed by atoms with van der Waals surface area (Å²) in [6, 6.07) is 7.14. The summed E-state index contributed by atoms with van der Waals surface area (Å²) in [5, 5.41) is 16.4. The number of benzene rings is 1. The molecule has 1 unspecified atom stereocenters. The van der Waals surface area contributed by atoms with Crippen molar-refractivity contribution < 1.29 is 19.0 Å². The SMILES string of the molecule is Cc1cc(C(=O)NCC(O)COc2ccc(F)cc2)nn1C. The van der Waals surface area contributed by atoms with E-state index in [0.717, 1.165) is 5.69 Å². The lowest BCUT2D eigenvalue weighted by molar-refractivity contribution is 0.0839. The molecule has 0 radical (unpaired) electrons. The van der Waals surface area contributed by atoms with Crippen LogP contribution >= 0.6 is 0 Å². The van der Waals surface area contributed by atoms with Gasteiger partial charge in [-0.25, -0.2) is 4.39 Å². The molecular formula is C15H18FN3O3. The highest BCUT2D eigenvalue weighted by Gasteiger charge is 2.13. The standard InChI is InChI=1S/C15H18FN3O3/c1-10-7-14(18-19(10)2)15(21)17-8-12(20)9-22-13-5-3-11(16)4-6-13/h3-7,12,20H,8-9H2,1-2H3,(H,17,21). The molecule has 1 amide bonds. The van der Waals surface area contributed by atoms with E-state index < -0.39 is 6.10 Å². The fraction of sp³-hybridized carbons (Fsp3) is 0.333. The molecule has 0 fully saturated rings. The summed E-state index contributed by atoms with van der Waals surface area (Å²) >= 11 is 0. The van der Waals surface area contributed by atoms with Crippen molar-refractivity contribution in [3.63, 3.8) is 0 Å². The molecule has 0 saturated carbocycles. The van der Waals surface area contributed by atoms with Crippen LogP contribution in [0.4, 0.5) is 4.39 Å². The number of rotatable bonds is 6. The van der Waals surface area contributed by atoms with Crippen molar-refractivity contribution in [3.05, 3.63) is 47.5 Å². The van der Waals surface area contributed by atoms with E-state index in [4.69, 9.17) is 4.74 Å².